The molecule has 3 rings (SSSR count). The van der Waals surface area contributed by atoms with Gasteiger partial charge in [0.2, 0.25) is 5.89 Å². The normalized spacial score (nSPS) is 10.9. The summed E-state index contributed by atoms with van der Waals surface area (Å²) in [6.07, 6.45) is 1.68. The Morgan fingerprint density at radius 2 is 1.91 bits per heavy atom. The number of nitrogens with zero attached hydrogens (tertiary/aromatic N) is 3. The van der Waals surface area contributed by atoms with Gasteiger partial charge in [-0.25, -0.2) is 15.0 Å². The van der Waals surface area contributed by atoms with Gasteiger partial charge in [0.1, 0.15) is 12.1 Å². The van der Waals surface area contributed by atoms with E-state index < -0.39 is 0 Å². The van der Waals surface area contributed by atoms with Crippen LogP contribution < -0.4 is 5.73 Å². The molecule has 2 heterocycles. The Kier molecular flexibility index (Phi) is 4.34. The standard InChI is InChI=1S/C17H18N4OS/c1-10-4-5-14(11(2)6-10)16-20-13(8-22-16)9-23-17-19-12(3)7-15(18)21-17/h4-8H,9H2,1-3H3,(H2,18,19,21). The highest BCUT2D eigenvalue weighted by Gasteiger charge is 2.10. The smallest absolute Gasteiger partial charge is 0.226 e. The third-order valence-electron chi connectivity index (χ3n) is 3.37. The van der Waals surface area contributed by atoms with Gasteiger partial charge in [-0.3, -0.25) is 0 Å². The van der Waals surface area contributed by atoms with Crippen molar-refractivity contribution in [2.24, 2.45) is 0 Å². The van der Waals surface area contributed by atoms with Crippen molar-refractivity contribution in [2.45, 2.75) is 31.7 Å². The van der Waals surface area contributed by atoms with Crippen LogP contribution in [0.5, 0.6) is 0 Å². The summed E-state index contributed by atoms with van der Waals surface area (Å²) >= 11 is 1.49. The molecule has 0 atom stereocenters. The number of oxazole rings is 1. The van der Waals surface area contributed by atoms with Gasteiger partial charge in [-0.05, 0) is 32.4 Å². The molecule has 5 nitrogen and oxygen atoms in total. The Labute approximate surface area is 139 Å². The monoisotopic (exact) mass is 326 g/mol. The number of aryl methyl sites for hydroxylation is 3. The second-order valence-corrected chi connectivity index (χ2v) is 6.41. The summed E-state index contributed by atoms with van der Waals surface area (Å²) in [5.74, 6) is 1.76. The van der Waals surface area contributed by atoms with Crippen molar-refractivity contribution >= 4 is 17.6 Å². The first-order valence-electron chi connectivity index (χ1n) is 7.27. The number of hydrogen-bond donors (Lipinski definition) is 1. The van der Waals surface area contributed by atoms with E-state index in [2.05, 4.69) is 40.9 Å². The fourth-order valence-electron chi connectivity index (χ4n) is 2.32. The average Bonchev–Trinajstić information content (AvgIpc) is 2.93. The summed E-state index contributed by atoms with van der Waals surface area (Å²) in [4.78, 5) is 13.1. The third-order valence-corrected chi connectivity index (χ3v) is 4.25. The largest absolute Gasteiger partial charge is 0.444 e. The van der Waals surface area contributed by atoms with Gasteiger partial charge in [0.05, 0.1) is 5.69 Å². The topological polar surface area (TPSA) is 77.8 Å². The van der Waals surface area contributed by atoms with Crippen molar-refractivity contribution in [3.63, 3.8) is 0 Å². The molecule has 0 fully saturated rings. The van der Waals surface area contributed by atoms with Crippen molar-refractivity contribution in [2.75, 3.05) is 5.73 Å². The summed E-state index contributed by atoms with van der Waals surface area (Å²) in [5, 5.41) is 0.651. The summed E-state index contributed by atoms with van der Waals surface area (Å²) in [6.45, 7) is 6.03. The molecule has 2 aromatic heterocycles. The molecule has 0 radical (unpaired) electrons. The molecule has 0 aliphatic carbocycles. The van der Waals surface area contributed by atoms with Crippen LogP contribution in [0.1, 0.15) is 22.5 Å². The SMILES string of the molecule is Cc1ccc(-c2nc(CSc3nc(C)cc(N)n3)co2)c(C)c1. The minimum absolute atomic E-state index is 0.483. The minimum atomic E-state index is 0.483. The fraction of sp³-hybridized carbons (Fsp3) is 0.235. The molecule has 0 saturated heterocycles. The van der Waals surface area contributed by atoms with Crippen LogP contribution in [-0.2, 0) is 5.75 Å². The number of nitrogen functional groups attached to an aromatic ring is 1. The van der Waals surface area contributed by atoms with Gasteiger partial charge in [0.25, 0.3) is 0 Å². The van der Waals surface area contributed by atoms with E-state index in [1.807, 2.05) is 13.0 Å². The number of hydrogen-bond acceptors (Lipinski definition) is 6. The van der Waals surface area contributed by atoms with Crippen LogP contribution in [-0.4, -0.2) is 15.0 Å². The Morgan fingerprint density at radius 3 is 2.65 bits per heavy atom. The van der Waals surface area contributed by atoms with E-state index in [1.54, 1.807) is 12.3 Å². The number of rotatable bonds is 4. The molecule has 3 aromatic rings. The number of nitrogens with two attached hydrogens (primary N) is 1. The maximum atomic E-state index is 5.74. The quantitative estimate of drug-likeness (QED) is 0.578. The van der Waals surface area contributed by atoms with Crippen molar-refractivity contribution in [1.29, 1.82) is 0 Å². The van der Waals surface area contributed by atoms with E-state index in [-0.39, 0.29) is 0 Å². The van der Waals surface area contributed by atoms with Gasteiger partial charge in [-0.15, -0.1) is 0 Å². The molecule has 0 aliphatic heterocycles. The molecular weight excluding hydrogens is 308 g/mol. The lowest BCUT2D eigenvalue weighted by molar-refractivity contribution is 0.573. The van der Waals surface area contributed by atoms with Gasteiger partial charge < -0.3 is 10.2 Å². The molecular formula is C17H18N4OS. The predicted octanol–water partition coefficient (Wildman–Crippen LogP) is 3.93. The number of anilines is 1. The van der Waals surface area contributed by atoms with Crippen molar-refractivity contribution < 1.29 is 4.42 Å². The zero-order chi connectivity index (χ0) is 16.4. The summed E-state index contributed by atoms with van der Waals surface area (Å²) in [6, 6.07) is 7.97. The van der Waals surface area contributed by atoms with E-state index in [0.29, 0.717) is 22.6 Å². The van der Waals surface area contributed by atoms with E-state index in [1.165, 1.54) is 17.3 Å². The summed E-state index contributed by atoms with van der Waals surface area (Å²) in [7, 11) is 0. The number of thioether (sulfide) groups is 1. The van der Waals surface area contributed by atoms with Crippen LogP contribution in [0.4, 0.5) is 5.82 Å². The molecule has 0 aliphatic rings. The number of aromatic nitrogens is 3. The second-order valence-electron chi connectivity index (χ2n) is 5.47. The lowest BCUT2D eigenvalue weighted by atomic mass is 10.1. The van der Waals surface area contributed by atoms with Crippen LogP contribution >= 0.6 is 11.8 Å². The highest BCUT2D eigenvalue weighted by atomic mass is 32.2. The molecule has 1 aromatic carbocycles. The van der Waals surface area contributed by atoms with Crippen LogP contribution in [0.2, 0.25) is 0 Å². The van der Waals surface area contributed by atoms with Gasteiger partial charge in [-0.2, -0.15) is 0 Å². The van der Waals surface area contributed by atoms with Gasteiger partial charge in [0.15, 0.2) is 5.16 Å². The predicted molar refractivity (Wildman–Crippen MR) is 92.2 cm³/mol. The maximum Gasteiger partial charge on any atom is 0.226 e. The average molecular weight is 326 g/mol. The van der Waals surface area contributed by atoms with Crippen molar-refractivity contribution in [3.05, 3.63) is 53.0 Å². The molecule has 118 valence electrons. The highest BCUT2D eigenvalue weighted by molar-refractivity contribution is 7.98. The van der Waals surface area contributed by atoms with Crippen molar-refractivity contribution in [1.82, 2.24) is 15.0 Å². The van der Waals surface area contributed by atoms with Crippen LogP contribution in [0, 0.1) is 20.8 Å². The van der Waals surface area contributed by atoms with E-state index >= 15 is 0 Å². The van der Waals surface area contributed by atoms with Crippen LogP contribution in [0.25, 0.3) is 11.5 Å². The Hall–Kier alpha value is -2.34. The zero-order valence-electron chi connectivity index (χ0n) is 13.3. The fourth-order valence-corrected chi connectivity index (χ4v) is 3.11. The van der Waals surface area contributed by atoms with E-state index in [9.17, 15) is 0 Å². The minimum Gasteiger partial charge on any atom is -0.444 e. The Bertz CT molecular complexity index is 824. The Balaban J connectivity index is 1.74. The van der Waals surface area contributed by atoms with E-state index in [0.717, 1.165) is 22.5 Å². The van der Waals surface area contributed by atoms with Crippen LogP contribution in [0.3, 0.4) is 0 Å². The lowest BCUT2D eigenvalue weighted by Gasteiger charge is -2.02. The molecule has 0 bridgehead atoms. The first kappa shape index (κ1) is 15.6. The van der Waals surface area contributed by atoms with Gasteiger partial charge in [-0.1, -0.05) is 29.5 Å². The first-order valence-corrected chi connectivity index (χ1v) is 8.26. The molecule has 6 heteroatoms. The Morgan fingerprint density at radius 1 is 1.09 bits per heavy atom. The van der Waals surface area contributed by atoms with Crippen LogP contribution in [0.15, 0.2) is 40.1 Å². The van der Waals surface area contributed by atoms with Gasteiger partial charge >= 0.3 is 0 Å². The van der Waals surface area contributed by atoms with E-state index in [4.69, 9.17) is 10.2 Å². The van der Waals surface area contributed by atoms with Gasteiger partial charge in [0, 0.05) is 23.1 Å². The molecule has 0 amide bonds. The molecule has 2 N–H and O–H groups in total. The summed E-state index contributed by atoms with van der Waals surface area (Å²) in [5.41, 5.74) is 10.8. The van der Waals surface area contributed by atoms with Crippen molar-refractivity contribution in [3.8, 4) is 11.5 Å². The molecule has 0 unspecified atom stereocenters. The molecule has 23 heavy (non-hydrogen) atoms. The highest BCUT2D eigenvalue weighted by Crippen LogP contribution is 2.26. The molecule has 0 saturated carbocycles. The zero-order valence-corrected chi connectivity index (χ0v) is 14.1. The maximum absolute atomic E-state index is 5.74. The number of benzene rings is 1. The lowest BCUT2D eigenvalue weighted by Crippen LogP contribution is -1.96. The summed E-state index contributed by atoms with van der Waals surface area (Å²) < 4.78 is 5.62. The molecule has 0 spiro atoms. The second kappa shape index (κ2) is 6.42. The first-order chi connectivity index (χ1) is 11.0. The third kappa shape index (κ3) is 3.71.